The van der Waals surface area contributed by atoms with Crippen LogP contribution in [-0.2, 0) is 25.8 Å². The highest BCUT2D eigenvalue weighted by atomic mass is 32.3. The SMILES string of the molecule is CC(=O)C1CCC2[C@@H]3CC(O)C4C[C@@H](OS(=O)(=O)[O-])CC[C@]4(C)C3=CC[C@]12C.C[C@H]1[NH2+]CCc2cc(O)c(O)cc21. The van der Waals surface area contributed by atoms with Gasteiger partial charge in [-0.25, -0.2) is 8.42 Å². The van der Waals surface area contributed by atoms with Crippen molar-refractivity contribution in [3.05, 3.63) is 34.9 Å². The van der Waals surface area contributed by atoms with E-state index in [0.717, 1.165) is 43.4 Å². The first-order valence-corrected chi connectivity index (χ1v) is 16.4. The number of quaternary nitrogens is 1. The van der Waals surface area contributed by atoms with E-state index in [9.17, 15) is 33.1 Å². The molecule has 228 valence electrons. The molecule has 6 rings (SSSR count). The van der Waals surface area contributed by atoms with Crippen LogP contribution in [0.5, 0.6) is 11.5 Å². The first-order valence-electron chi connectivity index (χ1n) is 15.0. The number of allylic oxidation sites excluding steroid dienone is 2. The molecule has 1 heterocycles. The second-order valence-electron chi connectivity index (χ2n) is 13.7. The van der Waals surface area contributed by atoms with Crippen molar-refractivity contribution < 1.29 is 42.6 Å². The first kappa shape index (κ1) is 30.5. The molecular formula is C31H45NO8S. The number of hydrogen-bond donors (Lipinski definition) is 4. The summed E-state index contributed by atoms with van der Waals surface area (Å²) in [5.74, 6) is 0.937. The second-order valence-corrected chi connectivity index (χ2v) is 14.7. The van der Waals surface area contributed by atoms with Crippen LogP contribution in [0, 0.1) is 34.5 Å². The minimum absolute atomic E-state index is 0.00662. The van der Waals surface area contributed by atoms with Crippen LogP contribution in [0.3, 0.4) is 0 Å². The van der Waals surface area contributed by atoms with Crippen LogP contribution in [0.2, 0.25) is 0 Å². The number of carbonyl (C=O) groups excluding carboxylic acids is 1. The third-order valence-corrected chi connectivity index (χ3v) is 11.9. The summed E-state index contributed by atoms with van der Waals surface area (Å²) in [6.45, 7) is 9.29. The van der Waals surface area contributed by atoms with Crippen molar-refractivity contribution in [3.8, 4) is 11.5 Å². The maximum atomic E-state index is 12.2. The number of phenols is 2. The van der Waals surface area contributed by atoms with Crippen molar-refractivity contribution in [2.45, 2.75) is 97.3 Å². The Labute approximate surface area is 243 Å². The average molecular weight is 592 g/mol. The van der Waals surface area contributed by atoms with Gasteiger partial charge in [-0.15, -0.1) is 0 Å². The van der Waals surface area contributed by atoms with Crippen LogP contribution in [0.25, 0.3) is 0 Å². The first-order chi connectivity index (χ1) is 19.1. The molecule has 0 bridgehead atoms. The van der Waals surface area contributed by atoms with Gasteiger partial charge in [0.1, 0.15) is 11.8 Å². The third-order valence-electron chi connectivity index (χ3n) is 11.4. The molecule has 9 nitrogen and oxygen atoms in total. The number of hydrogen-bond acceptors (Lipinski definition) is 8. The number of aliphatic hydroxyl groups excluding tert-OH is 1. The summed E-state index contributed by atoms with van der Waals surface area (Å²) in [4.78, 5) is 12.2. The Balaban J connectivity index is 0.000000216. The minimum atomic E-state index is -4.73. The van der Waals surface area contributed by atoms with Gasteiger partial charge in [0.25, 0.3) is 0 Å². The summed E-state index contributed by atoms with van der Waals surface area (Å²) >= 11 is 0. The lowest BCUT2D eigenvalue weighted by molar-refractivity contribution is -0.695. The van der Waals surface area contributed by atoms with Crippen molar-refractivity contribution in [2.24, 2.45) is 34.5 Å². The number of benzene rings is 1. The zero-order chi connectivity index (χ0) is 29.9. The number of ketones is 1. The lowest BCUT2D eigenvalue weighted by Crippen LogP contribution is -2.86. The van der Waals surface area contributed by atoms with E-state index in [0.29, 0.717) is 37.6 Å². The Morgan fingerprint density at radius 3 is 2.49 bits per heavy atom. The maximum Gasteiger partial charge on any atom is 0.217 e. The van der Waals surface area contributed by atoms with Crippen molar-refractivity contribution >= 4 is 16.2 Å². The van der Waals surface area contributed by atoms with Crippen molar-refractivity contribution in [3.63, 3.8) is 0 Å². The van der Waals surface area contributed by atoms with E-state index in [1.54, 1.807) is 19.1 Å². The molecule has 0 amide bonds. The summed E-state index contributed by atoms with van der Waals surface area (Å²) in [7, 11) is -4.73. The van der Waals surface area contributed by atoms with Gasteiger partial charge in [0.2, 0.25) is 10.4 Å². The van der Waals surface area contributed by atoms with Gasteiger partial charge in [-0.05, 0) is 105 Å². The number of fused-ring (bicyclic) bond motifs is 6. The number of aromatic hydroxyl groups is 2. The molecule has 4 aliphatic carbocycles. The van der Waals surface area contributed by atoms with Crippen LogP contribution in [-0.4, -0.2) is 52.8 Å². The Kier molecular flexibility index (Phi) is 8.13. The summed E-state index contributed by atoms with van der Waals surface area (Å²) in [6, 6.07) is 3.73. The van der Waals surface area contributed by atoms with E-state index in [2.05, 4.69) is 32.2 Å². The second kappa shape index (κ2) is 10.9. The normalized spacial score (nSPS) is 39.7. The number of phenolic OH excluding ortho intramolecular Hbond substituents is 2. The summed E-state index contributed by atoms with van der Waals surface area (Å²) in [5, 5.41) is 31.9. The highest BCUT2D eigenvalue weighted by Gasteiger charge is 2.60. The largest absolute Gasteiger partial charge is 0.726 e. The lowest BCUT2D eigenvalue weighted by Gasteiger charge is -2.58. The number of nitrogens with two attached hydrogens (primary N) is 1. The van der Waals surface area contributed by atoms with Crippen molar-refractivity contribution in [2.75, 3.05) is 6.54 Å². The molecule has 41 heavy (non-hydrogen) atoms. The Morgan fingerprint density at radius 2 is 1.80 bits per heavy atom. The van der Waals surface area contributed by atoms with Gasteiger partial charge in [0.15, 0.2) is 11.5 Å². The molecule has 0 spiro atoms. The number of carbonyl (C=O) groups is 1. The molecule has 10 heteroatoms. The molecule has 3 saturated carbocycles. The molecule has 1 aromatic rings. The quantitative estimate of drug-likeness (QED) is 0.180. The standard InChI is InChI=1S/C21H32O6S.C10H13NO2/c1-12(22)15-4-5-16-14-11-19(23)18-10-13(27-28(24,25)26)6-8-21(18,3)17(14)7-9-20(15,16)2;1-6-8-5-10(13)9(12)4-7(8)2-3-11-6/h7,13-16,18-19,23H,4-6,8-11H2,1-3H3,(H,24,25,26);4-6,11-13H,2-3H2,1H3/t13-,14-,15?,16?,18?,19?,20+,21+;6-/m01/s1. The summed E-state index contributed by atoms with van der Waals surface area (Å²) in [5.41, 5.74) is 3.45. The molecule has 9 atom stereocenters. The van der Waals surface area contributed by atoms with Crippen molar-refractivity contribution in [1.29, 1.82) is 0 Å². The fourth-order valence-corrected chi connectivity index (χ4v) is 9.86. The fourth-order valence-electron chi connectivity index (χ4n) is 9.35. The minimum Gasteiger partial charge on any atom is -0.726 e. The maximum absolute atomic E-state index is 12.2. The van der Waals surface area contributed by atoms with Crippen LogP contribution in [0.1, 0.15) is 89.8 Å². The number of rotatable bonds is 3. The topological polar surface area (TPSA) is 161 Å². The van der Waals surface area contributed by atoms with Crippen LogP contribution < -0.4 is 5.32 Å². The van der Waals surface area contributed by atoms with Gasteiger partial charge in [0.05, 0.1) is 18.8 Å². The highest BCUT2D eigenvalue weighted by molar-refractivity contribution is 7.80. The van der Waals surface area contributed by atoms with Gasteiger partial charge < -0.3 is 25.2 Å². The van der Waals surface area contributed by atoms with E-state index in [1.807, 2.05) is 0 Å². The molecule has 1 aliphatic heterocycles. The molecule has 0 saturated heterocycles. The monoisotopic (exact) mass is 591 g/mol. The predicted molar refractivity (Wildman–Crippen MR) is 151 cm³/mol. The van der Waals surface area contributed by atoms with Gasteiger partial charge in [0, 0.05) is 17.9 Å². The predicted octanol–water partition coefficient (Wildman–Crippen LogP) is 3.25. The molecule has 4 unspecified atom stereocenters. The van der Waals surface area contributed by atoms with Crippen LogP contribution in [0.4, 0.5) is 0 Å². The Bertz CT molecular complexity index is 1330. The Hall–Kier alpha value is -1.98. The molecule has 0 aromatic heterocycles. The third kappa shape index (κ3) is 5.58. The number of Topliss-reactive ketones (excluding diaryl/α,β-unsaturated/α-hetero) is 1. The number of aliphatic hydroxyl groups is 1. The van der Waals surface area contributed by atoms with E-state index >= 15 is 0 Å². The van der Waals surface area contributed by atoms with E-state index < -0.39 is 22.6 Å². The molecule has 1 aromatic carbocycles. The van der Waals surface area contributed by atoms with Gasteiger partial charge in [-0.3, -0.25) is 8.98 Å². The molecule has 5 aliphatic rings. The molecule has 0 radical (unpaired) electrons. The molecule has 5 N–H and O–H groups in total. The smallest absolute Gasteiger partial charge is 0.217 e. The van der Waals surface area contributed by atoms with E-state index in [1.165, 1.54) is 5.57 Å². The van der Waals surface area contributed by atoms with E-state index in [-0.39, 0.29) is 45.9 Å². The average Bonchev–Trinajstić information content (AvgIpc) is 3.24. The van der Waals surface area contributed by atoms with Crippen LogP contribution in [0.15, 0.2) is 23.8 Å². The zero-order valence-electron chi connectivity index (χ0n) is 24.5. The van der Waals surface area contributed by atoms with Gasteiger partial charge in [-0.1, -0.05) is 25.5 Å². The lowest BCUT2D eigenvalue weighted by atomic mass is 9.48. The highest BCUT2D eigenvalue weighted by Crippen LogP contribution is 2.65. The molecule has 3 fully saturated rings. The van der Waals surface area contributed by atoms with Gasteiger partial charge >= 0.3 is 0 Å². The van der Waals surface area contributed by atoms with Gasteiger partial charge in [-0.2, -0.15) is 0 Å². The fraction of sp³-hybridized carbons (Fsp3) is 0.710. The summed E-state index contributed by atoms with van der Waals surface area (Å²) in [6.07, 6.45) is 7.19. The molecular weight excluding hydrogens is 546 g/mol. The summed E-state index contributed by atoms with van der Waals surface area (Å²) < 4.78 is 37.8. The van der Waals surface area contributed by atoms with Crippen LogP contribution >= 0.6 is 0 Å². The zero-order valence-corrected chi connectivity index (χ0v) is 25.3. The van der Waals surface area contributed by atoms with Crippen molar-refractivity contribution in [1.82, 2.24) is 0 Å². The van der Waals surface area contributed by atoms with E-state index in [4.69, 9.17) is 4.18 Å². The Morgan fingerprint density at radius 1 is 1.10 bits per heavy atom.